The van der Waals surface area contributed by atoms with Crippen molar-refractivity contribution in [2.24, 2.45) is 0 Å². The van der Waals surface area contributed by atoms with Crippen LogP contribution in [-0.2, 0) is 9.59 Å². The number of carbonyl (C=O) groups excluding carboxylic acids is 2. The van der Waals surface area contributed by atoms with Crippen LogP contribution in [0.2, 0.25) is 0 Å². The fourth-order valence-electron chi connectivity index (χ4n) is 0.726. The van der Waals surface area contributed by atoms with Gasteiger partial charge in [-0.05, 0) is 12.1 Å². The number of aromatic nitrogens is 1. The van der Waals surface area contributed by atoms with Crippen LogP contribution >= 0.6 is 0 Å². The molecule has 1 aromatic rings. The van der Waals surface area contributed by atoms with Gasteiger partial charge in [0.15, 0.2) is 0 Å². The lowest BCUT2D eigenvalue weighted by atomic mass is 10.6. The predicted octanol–water partition coefficient (Wildman–Crippen LogP) is -0.421. The van der Waals surface area contributed by atoms with Crippen LogP contribution in [-0.4, -0.2) is 23.2 Å². The van der Waals surface area contributed by atoms with E-state index in [-0.39, 0.29) is 12.5 Å². The fourth-order valence-corrected chi connectivity index (χ4v) is 0.726. The Morgan fingerprint density at radius 2 is 2.00 bits per heavy atom. The Labute approximate surface area is 75.3 Å². The third-order valence-electron chi connectivity index (χ3n) is 1.27. The Balaban J connectivity index is 2.30. The molecule has 0 aliphatic carbocycles. The summed E-state index contributed by atoms with van der Waals surface area (Å²) in [7, 11) is 0. The van der Waals surface area contributed by atoms with Crippen LogP contribution in [0.1, 0.15) is 6.92 Å². The van der Waals surface area contributed by atoms with Crippen LogP contribution in [0, 0.1) is 0 Å². The van der Waals surface area contributed by atoms with Crippen molar-refractivity contribution >= 4 is 11.9 Å². The molecule has 1 aromatic heterocycles. The zero-order valence-corrected chi connectivity index (χ0v) is 7.19. The number of hydrogen-bond acceptors (Lipinski definition) is 3. The Morgan fingerprint density at radius 3 is 2.54 bits per heavy atom. The van der Waals surface area contributed by atoms with Gasteiger partial charge in [-0.25, -0.2) is 4.79 Å². The van der Waals surface area contributed by atoms with Crippen molar-refractivity contribution in [3.8, 4) is 0 Å². The Morgan fingerprint density at radius 1 is 1.38 bits per heavy atom. The van der Waals surface area contributed by atoms with Gasteiger partial charge in [0.05, 0.1) is 0 Å². The summed E-state index contributed by atoms with van der Waals surface area (Å²) in [5, 5.41) is 2.33. The molecule has 70 valence electrons. The minimum atomic E-state index is -0.508. The fraction of sp³-hybridized carbons (Fsp3) is 0.250. The van der Waals surface area contributed by atoms with Gasteiger partial charge in [-0.3, -0.25) is 4.79 Å². The average Bonchev–Trinajstić information content (AvgIpc) is 2.53. The van der Waals surface area contributed by atoms with Crippen LogP contribution in [0.3, 0.4) is 0 Å². The van der Waals surface area contributed by atoms with Gasteiger partial charge < -0.3 is 10.2 Å². The lowest BCUT2D eigenvalue weighted by Crippen LogP contribution is -2.32. The van der Waals surface area contributed by atoms with Gasteiger partial charge in [-0.1, -0.05) is 0 Å². The van der Waals surface area contributed by atoms with Gasteiger partial charge in [-0.2, -0.15) is 4.73 Å². The Kier molecular flexibility index (Phi) is 3.08. The van der Waals surface area contributed by atoms with E-state index in [4.69, 9.17) is 4.84 Å². The SMILES string of the molecule is CC(=O)NCC(=O)On1cccc1. The number of hydrogen-bond donors (Lipinski definition) is 1. The molecular weight excluding hydrogens is 172 g/mol. The summed E-state index contributed by atoms with van der Waals surface area (Å²) >= 11 is 0. The van der Waals surface area contributed by atoms with Crippen LogP contribution in [0.4, 0.5) is 0 Å². The van der Waals surface area contributed by atoms with E-state index in [0.717, 1.165) is 0 Å². The largest absolute Gasteiger partial charge is 0.351 e. The van der Waals surface area contributed by atoms with Crippen molar-refractivity contribution in [2.75, 3.05) is 6.54 Å². The van der Waals surface area contributed by atoms with E-state index in [1.165, 1.54) is 11.7 Å². The van der Waals surface area contributed by atoms with Gasteiger partial charge in [0.25, 0.3) is 0 Å². The van der Waals surface area contributed by atoms with E-state index in [9.17, 15) is 9.59 Å². The summed E-state index contributed by atoms with van der Waals surface area (Å²) in [5.74, 6) is -0.768. The van der Waals surface area contributed by atoms with Crippen molar-refractivity contribution < 1.29 is 14.4 Å². The van der Waals surface area contributed by atoms with Crippen molar-refractivity contribution in [2.45, 2.75) is 6.92 Å². The summed E-state index contributed by atoms with van der Waals surface area (Å²) in [6.45, 7) is 1.22. The van der Waals surface area contributed by atoms with Crippen molar-refractivity contribution in [1.29, 1.82) is 0 Å². The Bertz CT molecular complexity index is 292. The topological polar surface area (TPSA) is 60.3 Å². The first-order chi connectivity index (χ1) is 6.18. The molecule has 0 fully saturated rings. The number of carbonyl (C=O) groups is 2. The van der Waals surface area contributed by atoms with Gasteiger partial charge in [0, 0.05) is 19.3 Å². The van der Waals surface area contributed by atoms with Gasteiger partial charge in [-0.15, -0.1) is 0 Å². The molecule has 0 aliphatic rings. The molecule has 0 radical (unpaired) electrons. The summed E-state index contributed by atoms with van der Waals surface area (Å²) in [4.78, 5) is 26.1. The molecule has 0 aliphatic heterocycles. The molecule has 1 N–H and O–H groups in total. The van der Waals surface area contributed by atoms with Crippen LogP contribution in [0.5, 0.6) is 0 Å². The van der Waals surface area contributed by atoms with Crippen LogP contribution < -0.4 is 10.2 Å². The van der Waals surface area contributed by atoms with Gasteiger partial charge in [0.2, 0.25) is 5.91 Å². The van der Waals surface area contributed by atoms with Crippen molar-refractivity contribution in [3.63, 3.8) is 0 Å². The smallest absolute Gasteiger partial charge is 0.345 e. The first-order valence-corrected chi connectivity index (χ1v) is 3.77. The van der Waals surface area contributed by atoms with E-state index in [0.29, 0.717) is 0 Å². The summed E-state index contributed by atoms with van der Waals surface area (Å²) in [6.07, 6.45) is 3.18. The van der Waals surface area contributed by atoms with Crippen molar-refractivity contribution in [3.05, 3.63) is 24.5 Å². The highest BCUT2D eigenvalue weighted by Crippen LogP contribution is 1.85. The molecule has 5 heteroatoms. The second-order valence-electron chi connectivity index (χ2n) is 2.42. The molecule has 0 spiro atoms. The predicted molar refractivity (Wildman–Crippen MR) is 44.7 cm³/mol. The molecule has 5 nitrogen and oxygen atoms in total. The highest BCUT2D eigenvalue weighted by atomic mass is 16.7. The molecule has 0 unspecified atom stereocenters. The molecule has 0 saturated heterocycles. The molecule has 0 saturated carbocycles. The Hall–Kier alpha value is -1.78. The first kappa shape index (κ1) is 9.31. The van der Waals surface area contributed by atoms with Gasteiger partial charge >= 0.3 is 5.97 Å². The zero-order chi connectivity index (χ0) is 9.68. The maximum Gasteiger partial charge on any atom is 0.351 e. The van der Waals surface area contributed by atoms with Crippen molar-refractivity contribution in [1.82, 2.24) is 10.0 Å². The van der Waals surface area contributed by atoms with E-state index in [1.807, 2.05) is 0 Å². The zero-order valence-electron chi connectivity index (χ0n) is 7.19. The number of nitrogens with one attached hydrogen (secondary N) is 1. The number of rotatable bonds is 3. The second-order valence-corrected chi connectivity index (χ2v) is 2.42. The van der Waals surface area contributed by atoms with E-state index < -0.39 is 5.97 Å². The lowest BCUT2D eigenvalue weighted by Gasteiger charge is -2.03. The highest BCUT2D eigenvalue weighted by molar-refractivity contribution is 5.80. The molecule has 1 rings (SSSR count). The van der Waals surface area contributed by atoms with E-state index in [1.54, 1.807) is 24.5 Å². The van der Waals surface area contributed by atoms with Crippen LogP contribution in [0.25, 0.3) is 0 Å². The van der Waals surface area contributed by atoms with E-state index in [2.05, 4.69) is 5.32 Å². The highest BCUT2D eigenvalue weighted by Gasteiger charge is 2.03. The van der Waals surface area contributed by atoms with Crippen LogP contribution in [0.15, 0.2) is 24.5 Å². The van der Waals surface area contributed by atoms with E-state index >= 15 is 0 Å². The molecule has 0 atom stereocenters. The minimum absolute atomic E-state index is 0.118. The molecule has 1 heterocycles. The molecule has 13 heavy (non-hydrogen) atoms. The maximum atomic E-state index is 11.0. The number of amides is 1. The lowest BCUT2D eigenvalue weighted by molar-refractivity contribution is -0.144. The molecule has 1 amide bonds. The monoisotopic (exact) mass is 182 g/mol. The molecular formula is C8H10N2O3. The summed E-state index contributed by atoms with van der Waals surface area (Å²) in [6, 6.07) is 3.46. The summed E-state index contributed by atoms with van der Waals surface area (Å²) < 4.78 is 1.27. The third kappa shape index (κ3) is 3.42. The van der Waals surface area contributed by atoms with Gasteiger partial charge in [0.1, 0.15) is 6.54 Å². The normalized spacial score (nSPS) is 9.31. The maximum absolute atomic E-state index is 11.0. The quantitative estimate of drug-likeness (QED) is 0.690. The standard InChI is InChI=1S/C8H10N2O3/c1-7(11)9-6-8(12)13-10-4-2-3-5-10/h2-5H,6H2,1H3,(H,9,11). The summed E-state index contributed by atoms with van der Waals surface area (Å²) in [5.41, 5.74) is 0. The average molecular weight is 182 g/mol. The minimum Gasteiger partial charge on any atom is -0.345 e. The molecule has 0 bridgehead atoms. The second kappa shape index (κ2) is 4.30. The number of nitrogens with zero attached hydrogens (tertiary/aromatic N) is 1. The first-order valence-electron chi connectivity index (χ1n) is 3.77. The third-order valence-corrected chi connectivity index (χ3v) is 1.27. The molecule has 0 aromatic carbocycles.